The van der Waals surface area contributed by atoms with E-state index in [2.05, 4.69) is 0 Å². The third kappa shape index (κ3) is 5.66. The SMILES string of the molecule is O=S(=O)(Cl)CC=CC1CCCCCC1. The molecule has 1 aliphatic carbocycles. The van der Waals surface area contributed by atoms with Crippen LogP contribution in [0.15, 0.2) is 12.2 Å². The van der Waals surface area contributed by atoms with Crippen LogP contribution < -0.4 is 0 Å². The van der Waals surface area contributed by atoms with Crippen molar-refractivity contribution >= 4 is 19.7 Å². The van der Waals surface area contributed by atoms with Crippen molar-refractivity contribution in [1.29, 1.82) is 0 Å². The lowest BCUT2D eigenvalue weighted by Crippen LogP contribution is -1.97. The minimum Gasteiger partial charge on any atom is -0.212 e. The lowest BCUT2D eigenvalue weighted by atomic mass is 10.0. The number of halogens is 1. The van der Waals surface area contributed by atoms with Gasteiger partial charge in [-0.05, 0) is 18.8 Å². The van der Waals surface area contributed by atoms with Crippen molar-refractivity contribution in [3.8, 4) is 0 Å². The summed E-state index contributed by atoms with van der Waals surface area (Å²) in [7, 11) is 1.76. The van der Waals surface area contributed by atoms with E-state index >= 15 is 0 Å². The van der Waals surface area contributed by atoms with E-state index in [1.165, 1.54) is 38.5 Å². The molecule has 1 aliphatic rings. The van der Waals surface area contributed by atoms with Crippen molar-refractivity contribution < 1.29 is 8.42 Å². The van der Waals surface area contributed by atoms with E-state index in [9.17, 15) is 8.42 Å². The topological polar surface area (TPSA) is 34.1 Å². The van der Waals surface area contributed by atoms with Gasteiger partial charge in [-0.2, -0.15) is 0 Å². The van der Waals surface area contributed by atoms with Crippen LogP contribution in [0.5, 0.6) is 0 Å². The maximum Gasteiger partial charge on any atom is 0.236 e. The molecular weight excluding hydrogens is 220 g/mol. The molecule has 0 aromatic rings. The van der Waals surface area contributed by atoms with E-state index in [1.807, 2.05) is 6.08 Å². The van der Waals surface area contributed by atoms with Gasteiger partial charge in [-0.15, -0.1) is 0 Å². The molecule has 1 saturated carbocycles. The first-order valence-corrected chi connectivity index (χ1v) is 7.65. The van der Waals surface area contributed by atoms with E-state index in [4.69, 9.17) is 10.7 Å². The summed E-state index contributed by atoms with van der Waals surface area (Å²) < 4.78 is 21.3. The zero-order chi connectivity index (χ0) is 10.4. The molecule has 0 aromatic carbocycles. The minimum absolute atomic E-state index is 0.0367. The average molecular weight is 237 g/mol. The molecule has 2 nitrogen and oxygen atoms in total. The zero-order valence-corrected chi connectivity index (χ0v) is 9.86. The molecule has 0 aliphatic heterocycles. The molecule has 1 rings (SSSR count). The summed E-state index contributed by atoms with van der Waals surface area (Å²) in [6.07, 6.45) is 11.3. The van der Waals surface area contributed by atoms with Gasteiger partial charge in [-0.1, -0.05) is 37.8 Å². The third-order valence-corrected chi connectivity index (χ3v) is 3.57. The molecule has 0 unspecified atom stereocenters. The maximum absolute atomic E-state index is 10.7. The molecule has 0 radical (unpaired) electrons. The Balaban J connectivity index is 2.34. The van der Waals surface area contributed by atoms with Gasteiger partial charge in [0.2, 0.25) is 9.05 Å². The number of hydrogen-bond donors (Lipinski definition) is 0. The van der Waals surface area contributed by atoms with Gasteiger partial charge in [0, 0.05) is 10.7 Å². The predicted molar refractivity (Wildman–Crippen MR) is 60.0 cm³/mol. The summed E-state index contributed by atoms with van der Waals surface area (Å²) in [4.78, 5) is 0. The number of allylic oxidation sites excluding steroid dienone is 1. The van der Waals surface area contributed by atoms with E-state index in [-0.39, 0.29) is 5.75 Å². The van der Waals surface area contributed by atoms with Crippen molar-refractivity contribution in [2.75, 3.05) is 5.75 Å². The van der Waals surface area contributed by atoms with Crippen molar-refractivity contribution in [2.24, 2.45) is 5.92 Å². The van der Waals surface area contributed by atoms with Crippen molar-refractivity contribution in [2.45, 2.75) is 38.5 Å². The van der Waals surface area contributed by atoms with Crippen LogP contribution in [-0.4, -0.2) is 14.2 Å². The fraction of sp³-hybridized carbons (Fsp3) is 0.800. The first-order chi connectivity index (χ1) is 6.58. The summed E-state index contributed by atoms with van der Waals surface area (Å²) in [6.45, 7) is 0. The van der Waals surface area contributed by atoms with Crippen LogP contribution >= 0.6 is 10.7 Å². The highest BCUT2D eigenvalue weighted by molar-refractivity contribution is 8.13. The van der Waals surface area contributed by atoms with Gasteiger partial charge in [-0.25, -0.2) is 8.42 Å². The van der Waals surface area contributed by atoms with Crippen LogP contribution in [0.2, 0.25) is 0 Å². The summed E-state index contributed by atoms with van der Waals surface area (Å²) >= 11 is 0. The molecule has 1 fully saturated rings. The van der Waals surface area contributed by atoms with Gasteiger partial charge in [0.1, 0.15) is 0 Å². The van der Waals surface area contributed by atoms with Gasteiger partial charge in [0.25, 0.3) is 0 Å². The number of rotatable bonds is 3. The highest BCUT2D eigenvalue weighted by Gasteiger charge is 2.09. The third-order valence-electron chi connectivity index (χ3n) is 2.60. The molecular formula is C10H17ClO2S. The van der Waals surface area contributed by atoms with Crippen molar-refractivity contribution in [1.82, 2.24) is 0 Å². The summed E-state index contributed by atoms with van der Waals surface area (Å²) in [6, 6.07) is 0. The molecule has 0 bridgehead atoms. The minimum atomic E-state index is -3.35. The Bertz CT molecular complexity index is 274. The van der Waals surface area contributed by atoms with Gasteiger partial charge in [0.15, 0.2) is 0 Å². The maximum atomic E-state index is 10.7. The highest BCUT2D eigenvalue weighted by Crippen LogP contribution is 2.23. The van der Waals surface area contributed by atoms with E-state index in [0.717, 1.165) is 0 Å². The Morgan fingerprint density at radius 2 is 1.71 bits per heavy atom. The Labute approximate surface area is 90.8 Å². The largest absolute Gasteiger partial charge is 0.236 e. The monoisotopic (exact) mass is 236 g/mol. The second-order valence-electron chi connectivity index (χ2n) is 3.89. The van der Waals surface area contributed by atoms with Crippen LogP contribution in [0.4, 0.5) is 0 Å². The van der Waals surface area contributed by atoms with Crippen molar-refractivity contribution in [3.05, 3.63) is 12.2 Å². The first-order valence-electron chi connectivity index (χ1n) is 5.17. The van der Waals surface area contributed by atoms with Gasteiger partial charge < -0.3 is 0 Å². The molecule has 14 heavy (non-hydrogen) atoms. The second-order valence-corrected chi connectivity index (χ2v) is 6.71. The Hall–Kier alpha value is -0.0200. The van der Waals surface area contributed by atoms with E-state index in [0.29, 0.717) is 5.92 Å². The van der Waals surface area contributed by atoms with Gasteiger partial charge in [0.05, 0.1) is 5.75 Å². The molecule has 0 aromatic heterocycles. The molecule has 0 heterocycles. The Morgan fingerprint density at radius 1 is 1.14 bits per heavy atom. The standard InChI is InChI=1S/C10H17ClO2S/c11-14(12,13)9-5-8-10-6-3-1-2-4-7-10/h5,8,10H,1-4,6-7,9H2. The van der Waals surface area contributed by atoms with Crippen LogP contribution in [0, 0.1) is 5.92 Å². The number of hydrogen-bond acceptors (Lipinski definition) is 2. The second kappa shape index (κ2) is 5.76. The van der Waals surface area contributed by atoms with Crippen LogP contribution in [0.3, 0.4) is 0 Å². The highest BCUT2D eigenvalue weighted by atomic mass is 35.7. The smallest absolute Gasteiger partial charge is 0.212 e. The van der Waals surface area contributed by atoms with Gasteiger partial charge >= 0.3 is 0 Å². The Kier molecular flexibility index (Phi) is 4.96. The summed E-state index contributed by atoms with van der Waals surface area (Å²) in [5.74, 6) is 0.529. The lowest BCUT2D eigenvalue weighted by molar-refractivity contribution is 0.558. The molecule has 0 spiro atoms. The predicted octanol–water partition coefficient (Wildman–Crippen LogP) is 3.08. The van der Waals surface area contributed by atoms with Gasteiger partial charge in [-0.3, -0.25) is 0 Å². The lowest BCUT2D eigenvalue weighted by Gasteiger charge is -2.06. The summed E-state index contributed by atoms with van der Waals surface area (Å²) in [5.41, 5.74) is 0. The van der Waals surface area contributed by atoms with E-state index < -0.39 is 9.05 Å². The Morgan fingerprint density at radius 3 is 2.21 bits per heavy atom. The van der Waals surface area contributed by atoms with E-state index in [1.54, 1.807) is 6.08 Å². The average Bonchev–Trinajstić information content (AvgIpc) is 2.30. The molecule has 4 heteroatoms. The molecule has 0 atom stereocenters. The first kappa shape index (κ1) is 12.1. The molecule has 0 saturated heterocycles. The fourth-order valence-corrected chi connectivity index (χ4v) is 2.43. The zero-order valence-electron chi connectivity index (χ0n) is 8.28. The fourth-order valence-electron chi connectivity index (χ4n) is 1.87. The van der Waals surface area contributed by atoms with Crippen LogP contribution in [0.25, 0.3) is 0 Å². The quantitative estimate of drug-likeness (QED) is 0.429. The molecule has 82 valence electrons. The molecule has 0 N–H and O–H groups in total. The normalized spacial score (nSPS) is 21.2. The van der Waals surface area contributed by atoms with Crippen LogP contribution in [0.1, 0.15) is 38.5 Å². The van der Waals surface area contributed by atoms with Crippen molar-refractivity contribution in [3.63, 3.8) is 0 Å². The summed E-state index contributed by atoms with van der Waals surface area (Å²) in [5, 5.41) is 0. The van der Waals surface area contributed by atoms with Crippen LogP contribution in [-0.2, 0) is 9.05 Å². The molecule has 0 amide bonds.